The van der Waals surface area contributed by atoms with E-state index < -0.39 is 12.2 Å². The molecule has 0 radical (unpaired) electrons. The Labute approximate surface area is 127 Å². The molecule has 1 aliphatic heterocycles. The summed E-state index contributed by atoms with van der Waals surface area (Å²) in [6, 6.07) is 16.1. The molecule has 0 fully saturated rings. The van der Waals surface area contributed by atoms with Crippen LogP contribution < -0.4 is 0 Å². The van der Waals surface area contributed by atoms with Crippen LogP contribution in [-0.2, 0) is 16.1 Å². The quantitative estimate of drug-likeness (QED) is 0.875. The number of esters is 1. The summed E-state index contributed by atoms with van der Waals surface area (Å²) in [5.74, 6) is -0.913. The average Bonchev–Trinajstić information content (AvgIpc) is 2.79. The molecule has 3 rings (SSSR count). The van der Waals surface area contributed by atoms with E-state index >= 15 is 0 Å². The lowest BCUT2D eigenvalue weighted by Crippen LogP contribution is -2.34. The van der Waals surface area contributed by atoms with Crippen molar-refractivity contribution in [2.24, 2.45) is 0 Å². The minimum atomic E-state index is -1.10. The molecule has 1 unspecified atom stereocenters. The van der Waals surface area contributed by atoms with E-state index in [1.807, 2.05) is 30.3 Å². The molecule has 0 spiro atoms. The van der Waals surface area contributed by atoms with Crippen molar-refractivity contribution in [1.29, 1.82) is 0 Å². The largest absolute Gasteiger partial charge is 0.459 e. The molecule has 0 saturated carbocycles. The summed E-state index contributed by atoms with van der Waals surface area (Å²) < 4.78 is 5.14. The zero-order chi connectivity index (χ0) is 15.5. The highest BCUT2D eigenvalue weighted by Gasteiger charge is 2.36. The number of benzene rings is 2. The fourth-order valence-electron chi connectivity index (χ4n) is 2.43. The number of aliphatic hydroxyl groups excluding tert-OH is 1. The first kappa shape index (κ1) is 14.3. The number of hydrogen-bond acceptors (Lipinski definition) is 4. The van der Waals surface area contributed by atoms with E-state index in [1.165, 1.54) is 0 Å². The van der Waals surface area contributed by atoms with Crippen molar-refractivity contribution in [2.45, 2.75) is 12.8 Å². The van der Waals surface area contributed by atoms with Crippen molar-refractivity contribution in [1.82, 2.24) is 4.90 Å². The molecule has 2 aromatic rings. The SMILES string of the molecule is O=C(CN1C(=O)c2ccccc2C1O)OCc1ccccc1. The van der Waals surface area contributed by atoms with Crippen molar-refractivity contribution in [2.75, 3.05) is 6.54 Å². The zero-order valence-electron chi connectivity index (χ0n) is 11.8. The first-order valence-electron chi connectivity index (χ1n) is 6.94. The summed E-state index contributed by atoms with van der Waals surface area (Å²) in [5.41, 5.74) is 1.81. The summed E-state index contributed by atoms with van der Waals surface area (Å²) >= 11 is 0. The lowest BCUT2D eigenvalue weighted by atomic mass is 10.1. The maximum Gasteiger partial charge on any atom is 0.326 e. The van der Waals surface area contributed by atoms with Gasteiger partial charge in [0.2, 0.25) is 0 Å². The molecule has 0 aromatic heterocycles. The molecule has 1 amide bonds. The van der Waals surface area contributed by atoms with Gasteiger partial charge in [-0.1, -0.05) is 48.5 Å². The molecule has 1 heterocycles. The van der Waals surface area contributed by atoms with Gasteiger partial charge < -0.3 is 9.84 Å². The highest BCUT2D eigenvalue weighted by Crippen LogP contribution is 2.30. The van der Waals surface area contributed by atoms with Crippen molar-refractivity contribution >= 4 is 11.9 Å². The fraction of sp³-hybridized carbons (Fsp3) is 0.176. The van der Waals surface area contributed by atoms with Gasteiger partial charge >= 0.3 is 5.97 Å². The van der Waals surface area contributed by atoms with Crippen molar-refractivity contribution < 1.29 is 19.4 Å². The first-order chi connectivity index (χ1) is 10.7. The Morgan fingerprint density at radius 1 is 1.09 bits per heavy atom. The molecule has 2 aromatic carbocycles. The number of ether oxygens (including phenoxy) is 1. The monoisotopic (exact) mass is 297 g/mol. The van der Waals surface area contributed by atoms with Gasteiger partial charge in [-0.25, -0.2) is 0 Å². The summed E-state index contributed by atoms with van der Waals surface area (Å²) in [6.07, 6.45) is -1.10. The Balaban J connectivity index is 1.62. The lowest BCUT2D eigenvalue weighted by molar-refractivity contribution is -0.147. The Morgan fingerprint density at radius 2 is 1.77 bits per heavy atom. The van der Waals surface area contributed by atoms with Gasteiger partial charge in [0.1, 0.15) is 13.2 Å². The van der Waals surface area contributed by atoms with Gasteiger partial charge in [-0.15, -0.1) is 0 Å². The van der Waals surface area contributed by atoms with Gasteiger partial charge in [-0.05, 0) is 11.6 Å². The first-order valence-corrected chi connectivity index (χ1v) is 6.94. The third kappa shape index (κ3) is 2.71. The molecule has 0 aliphatic carbocycles. The van der Waals surface area contributed by atoms with Crippen molar-refractivity contribution in [3.05, 3.63) is 71.3 Å². The predicted molar refractivity (Wildman–Crippen MR) is 78.7 cm³/mol. The number of aliphatic hydroxyl groups is 1. The average molecular weight is 297 g/mol. The maximum absolute atomic E-state index is 12.2. The molecule has 1 atom stereocenters. The number of nitrogens with zero attached hydrogens (tertiary/aromatic N) is 1. The van der Waals surface area contributed by atoms with E-state index in [-0.39, 0.29) is 19.1 Å². The van der Waals surface area contributed by atoms with Crippen LogP contribution in [0.25, 0.3) is 0 Å². The van der Waals surface area contributed by atoms with Crippen LogP contribution in [0.5, 0.6) is 0 Å². The molecular weight excluding hydrogens is 282 g/mol. The fourth-order valence-corrected chi connectivity index (χ4v) is 2.43. The number of rotatable bonds is 4. The molecule has 1 N–H and O–H groups in total. The van der Waals surface area contributed by atoms with E-state index in [4.69, 9.17) is 4.74 Å². The molecule has 5 nitrogen and oxygen atoms in total. The smallest absolute Gasteiger partial charge is 0.326 e. The van der Waals surface area contributed by atoms with Crippen LogP contribution in [0.3, 0.4) is 0 Å². The number of carbonyl (C=O) groups excluding carboxylic acids is 2. The Hall–Kier alpha value is -2.66. The Kier molecular flexibility index (Phi) is 3.89. The normalized spacial score (nSPS) is 16.5. The van der Waals surface area contributed by atoms with E-state index in [1.54, 1.807) is 24.3 Å². The standard InChI is InChI=1S/C17H15NO4/c19-15(22-11-12-6-2-1-3-7-12)10-18-16(20)13-8-4-5-9-14(13)17(18)21/h1-9,16,20H,10-11H2. The lowest BCUT2D eigenvalue weighted by Gasteiger charge is -2.19. The van der Waals surface area contributed by atoms with Crippen LogP contribution in [0, 0.1) is 0 Å². The molecule has 22 heavy (non-hydrogen) atoms. The van der Waals surface area contributed by atoms with Gasteiger partial charge in [-0.2, -0.15) is 0 Å². The third-order valence-corrected chi connectivity index (χ3v) is 3.57. The minimum Gasteiger partial charge on any atom is -0.459 e. The van der Waals surface area contributed by atoms with E-state index in [2.05, 4.69) is 0 Å². The van der Waals surface area contributed by atoms with Gasteiger partial charge in [-0.3, -0.25) is 14.5 Å². The van der Waals surface area contributed by atoms with E-state index in [0.29, 0.717) is 11.1 Å². The van der Waals surface area contributed by atoms with Gasteiger partial charge in [0.25, 0.3) is 5.91 Å². The zero-order valence-corrected chi connectivity index (χ0v) is 11.8. The highest BCUT2D eigenvalue weighted by atomic mass is 16.5. The Morgan fingerprint density at radius 3 is 2.50 bits per heavy atom. The summed E-state index contributed by atoms with van der Waals surface area (Å²) in [7, 11) is 0. The van der Waals surface area contributed by atoms with Gasteiger partial charge in [0.05, 0.1) is 0 Å². The third-order valence-electron chi connectivity index (χ3n) is 3.57. The molecule has 1 aliphatic rings. The van der Waals surface area contributed by atoms with Crippen LogP contribution in [0.2, 0.25) is 0 Å². The van der Waals surface area contributed by atoms with E-state index in [9.17, 15) is 14.7 Å². The number of hydrogen-bond donors (Lipinski definition) is 1. The highest BCUT2D eigenvalue weighted by molar-refractivity contribution is 6.00. The predicted octanol–water partition coefficient (Wildman–Crippen LogP) is 1.88. The number of carbonyl (C=O) groups is 2. The van der Waals surface area contributed by atoms with Crippen LogP contribution in [0.1, 0.15) is 27.7 Å². The van der Waals surface area contributed by atoms with Crippen LogP contribution in [0.15, 0.2) is 54.6 Å². The topological polar surface area (TPSA) is 66.8 Å². The second-order valence-corrected chi connectivity index (χ2v) is 5.04. The maximum atomic E-state index is 12.2. The summed E-state index contributed by atoms with van der Waals surface area (Å²) in [5, 5.41) is 10.1. The van der Waals surface area contributed by atoms with Crippen molar-refractivity contribution in [3.8, 4) is 0 Å². The molecular formula is C17H15NO4. The molecule has 112 valence electrons. The molecule has 0 saturated heterocycles. The summed E-state index contributed by atoms with van der Waals surface area (Å²) in [6.45, 7) is -0.133. The second-order valence-electron chi connectivity index (χ2n) is 5.04. The molecule has 0 bridgehead atoms. The Bertz CT molecular complexity index is 699. The van der Waals surface area contributed by atoms with Crippen molar-refractivity contribution in [3.63, 3.8) is 0 Å². The van der Waals surface area contributed by atoms with Gasteiger partial charge in [0, 0.05) is 11.1 Å². The summed E-state index contributed by atoms with van der Waals surface area (Å²) in [4.78, 5) is 25.2. The van der Waals surface area contributed by atoms with Crippen LogP contribution in [-0.4, -0.2) is 28.4 Å². The van der Waals surface area contributed by atoms with Crippen LogP contribution >= 0.6 is 0 Å². The number of amides is 1. The second kappa shape index (κ2) is 5.99. The van der Waals surface area contributed by atoms with E-state index in [0.717, 1.165) is 10.5 Å². The molecule has 5 heteroatoms. The minimum absolute atomic E-state index is 0.144. The van der Waals surface area contributed by atoms with Crippen LogP contribution in [0.4, 0.5) is 0 Å². The number of fused-ring (bicyclic) bond motifs is 1. The van der Waals surface area contributed by atoms with Gasteiger partial charge in [0.15, 0.2) is 6.23 Å².